The molecule has 1 aliphatic rings. The van der Waals surface area contributed by atoms with Crippen molar-refractivity contribution in [2.45, 2.75) is 13.8 Å². The van der Waals surface area contributed by atoms with E-state index in [1.807, 2.05) is 32.0 Å². The number of ketones is 1. The van der Waals surface area contributed by atoms with Gasteiger partial charge in [-0.05, 0) is 31.5 Å². The molecule has 7 heteroatoms. The molecule has 29 heavy (non-hydrogen) atoms. The smallest absolute Gasteiger partial charge is 0.244 e. The van der Waals surface area contributed by atoms with Gasteiger partial charge < -0.3 is 10.1 Å². The Kier molecular flexibility index (Phi) is 6.72. The molecule has 0 aromatic heterocycles. The summed E-state index contributed by atoms with van der Waals surface area (Å²) < 4.78 is 5.51. The molecule has 0 spiro atoms. The third-order valence-electron chi connectivity index (χ3n) is 4.34. The standard InChI is InChI=1S/C22H22N2O4S/c1-3-28-19-11-7-6-10-17(19)23-20(26)13-24-21(27)14-29-22(24)12-18(25)16-9-5-4-8-15(16)2/h4-12H,3,13-14H2,1-2H3,(H,23,26)/b22-12-. The van der Waals surface area contributed by atoms with E-state index in [0.717, 1.165) is 5.56 Å². The topological polar surface area (TPSA) is 75.7 Å². The summed E-state index contributed by atoms with van der Waals surface area (Å²) in [7, 11) is 0. The number of amides is 2. The maximum atomic E-state index is 12.6. The van der Waals surface area contributed by atoms with E-state index in [-0.39, 0.29) is 29.9 Å². The van der Waals surface area contributed by atoms with Crippen molar-refractivity contribution in [2.75, 3.05) is 24.2 Å². The fraction of sp³-hybridized carbons (Fsp3) is 0.227. The second-order valence-corrected chi connectivity index (χ2v) is 7.40. The highest BCUT2D eigenvalue weighted by Gasteiger charge is 2.29. The fourth-order valence-corrected chi connectivity index (χ4v) is 3.86. The number of carbonyl (C=O) groups is 3. The first kappa shape index (κ1) is 20.7. The van der Waals surface area contributed by atoms with Crippen molar-refractivity contribution in [3.63, 3.8) is 0 Å². The third-order valence-corrected chi connectivity index (χ3v) is 5.36. The Labute approximate surface area is 173 Å². The van der Waals surface area contributed by atoms with E-state index in [4.69, 9.17) is 4.74 Å². The Hall–Kier alpha value is -3.06. The number of benzene rings is 2. The summed E-state index contributed by atoms with van der Waals surface area (Å²) >= 11 is 1.26. The fourth-order valence-electron chi connectivity index (χ4n) is 2.92. The molecule has 0 bridgehead atoms. The summed E-state index contributed by atoms with van der Waals surface area (Å²) in [6, 6.07) is 14.4. The van der Waals surface area contributed by atoms with E-state index in [1.165, 1.54) is 22.7 Å². The highest BCUT2D eigenvalue weighted by Crippen LogP contribution is 2.30. The van der Waals surface area contributed by atoms with Gasteiger partial charge >= 0.3 is 0 Å². The van der Waals surface area contributed by atoms with Crippen LogP contribution < -0.4 is 10.1 Å². The monoisotopic (exact) mass is 410 g/mol. The number of aryl methyl sites for hydroxylation is 1. The first-order valence-corrected chi connectivity index (χ1v) is 10.2. The molecular weight excluding hydrogens is 388 g/mol. The van der Waals surface area contributed by atoms with Gasteiger partial charge in [-0.1, -0.05) is 48.2 Å². The lowest BCUT2D eigenvalue weighted by atomic mass is 10.1. The predicted molar refractivity (Wildman–Crippen MR) is 114 cm³/mol. The second kappa shape index (κ2) is 9.43. The molecule has 0 aliphatic carbocycles. The van der Waals surface area contributed by atoms with Crippen molar-refractivity contribution in [1.82, 2.24) is 4.90 Å². The highest BCUT2D eigenvalue weighted by atomic mass is 32.2. The van der Waals surface area contributed by atoms with Crippen molar-refractivity contribution >= 4 is 35.0 Å². The molecule has 1 N–H and O–H groups in total. The summed E-state index contributed by atoms with van der Waals surface area (Å²) in [4.78, 5) is 38.8. The minimum Gasteiger partial charge on any atom is -0.492 e. The maximum absolute atomic E-state index is 12.6. The van der Waals surface area contributed by atoms with Crippen LogP contribution in [0.1, 0.15) is 22.8 Å². The van der Waals surface area contributed by atoms with Crippen LogP contribution in [0, 0.1) is 6.92 Å². The molecule has 2 aromatic carbocycles. The summed E-state index contributed by atoms with van der Waals surface area (Å²) in [5.41, 5.74) is 1.98. The average molecular weight is 410 g/mol. The van der Waals surface area contributed by atoms with Crippen LogP contribution in [-0.4, -0.2) is 41.4 Å². The molecule has 2 aromatic rings. The summed E-state index contributed by atoms with van der Waals surface area (Å²) in [6.07, 6.45) is 1.43. The number of anilines is 1. The Balaban J connectivity index is 1.73. The van der Waals surface area contributed by atoms with Gasteiger partial charge in [0.05, 0.1) is 23.1 Å². The van der Waals surface area contributed by atoms with Crippen LogP contribution in [-0.2, 0) is 9.59 Å². The number of nitrogens with one attached hydrogen (secondary N) is 1. The van der Waals surface area contributed by atoms with Crippen LogP contribution in [0.4, 0.5) is 5.69 Å². The van der Waals surface area contributed by atoms with Crippen molar-refractivity contribution in [3.05, 3.63) is 70.8 Å². The Morgan fingerprint density at radius 3 is 2.66 bits per heavy atom. The van der Waals surface area contributed by atoms with E-state index >= 15 is 0 Å². The molecule has 0 saturated carbocycles. The van der Waals surface area contributed by atoms with Crippen molar-refractivity contribution in [2.24, 2.45) is 0 Å². The van der Waals surface area contributed by atoms with Crippen LogP contribution in [0.5, 0.6) is 5.75 Å². The van der Waals surface area contributed by atoms with Gasteiger partial charge in [-0.3, -0.25) is 19.3 Å². The molecule has 1 aliphatic heterocycles. The van der Waals surface area contributed by atoms with Gasteiger partial charge in [0, 0.05) is 11.6 Å². The number of thioether (sulfide) groups is 1. The molecule has 6 nitrogen and oxygen atoms in total. The normalized spacial score (nSPS) is 14.9. The molecule has 0 atom stereocenters. The van der Waals surface area contributed by atoms with Gasteiger partial charge in [0.25, 0.3) is 0 Å². The molecular formula is C22H22N2O4S. The van der Waals surface area contributed by atoms with Gasteiger partial charge in [-0.15, -0.1) is 0 Å². The number of nitrogens with zero attached hydrogens (tertiary/aromatic N) is 1. The Bertz CT molecular complexity index is 971. The van der Waals surface area contributed by atoms with Gasteiger partial charge in [0.15, 0.2) is 5.78 Å². The summed E-state index contributed by atoms with van der Waals surface area (Å²) in [5, 5.41) is 3.26. The first-order chi connectivity index (χ1) is 14.0. The van der Waals surface area contributed by atoms with E-state index in [9.17, 15) is 14.4 Å². The van der Waals surface area contributed by atoms with E-state index in [0.29, 0.717) is 28.6 Å². The van der Waals surface area contributed by atoms with Crippen LogP contribution in [0.15, 0.2) is 59.6 Å². The number of allylic oxidation sites excluding steroid dienone is 1. The van der Waals surface area contributed by atoms with Crippen LogP contribution in [0.2, 0.25) is 0 Å². The lowest BCUT2D eigenvalue weighted by molar-refractivity contribution is -0.129. The molecule has 1 saturated heterocycles. The minimum atomic E-state index is -0.359. The molecule has 0 unspecified atom stereocenters. The quantitative estimate of drug-likeness (QED) is 0.557. The van der Waals surface area contributed by atoms with Gasteiger partial charge in [0.1, 0.15) is 12.3 Å². The first-order valence-electron chi connectivity index (χ1n) is 9.26. The van der Waals surface area contributed by atoms with Crippen molar-refractivity contribution in [3.8, 4) is 5.75 Å². The van der Waals surface area contributed by atoms with Crippen molar-refractivity contribution in [1.29, 1.82) is 0 Å². The zero-order valence-electron chi connectivity index (χ0n) is 16.3. The van der Waals surface area contributed by atoms with E-state index < -0.39 is 0 Å². The maximum Gasteiger partial charge on any atom is 0.244 e. The van der Waals surface area contributed by atoms with Gasteiger partial charge in [-0.25, -0.2) is 0 Å². The molecule has 1 heterocycles. The van der Waals surface area contributed by atoms with E-state index in [1.54, 1.807) is 30.3 Å². The van der Waals surface area contributed by atoms with Crippen LogP contribution in [0.3, 0.4) is 0 Å². The lowest BCUT2D eigenvalue weighted by Gasteiger charge is -2.17. The molecule has 0 radical (unpaired) electrons. The number of hydrogen-bond acceptors (Lipinski definition) is 5. The zero-order valence-corrected chi connectivity index (χ0v) is 17.1. The van der Waals surface area contributed by atoms with Crippen LogP contribution >= 0.6 is 11.8 Å². The second-order valence-electron chi connectivity index (χ2n) is 6.41. The third kappa shape index (κ3) is 5.06. The lowest BCUT2D eigenvalue weighted by Crippen LogP contribution is -2.34. The van der Waals surface area contributed by atoms with Gasteiger partial charge in [-0.2, -0.15) is 0 Å². The average Bonchev–Trinajstić information content (AvgIpc) is 3.03. The summed E-state index contributed by atoms with van der Waals surface area (Å²) in [5.74, 6) is 0.0214. The number of ether oxygens (including phenoxy) is 1. The molecule has 150 valence electrons. The highest BCUT2D eigenvalue weighted by molar-refractivity contribution is 8.04. The summed E-state index contributed by atoms with van der Waals surface area (Å²) in [6.45, 7) is 4.03. The predicted octanol–water partition coefficient (Wildman–Crippen LogP) is 3.63. The Morgan fingerprint density at radius 1 is 1.17 bits per heavy atom. The number of para-hydroxylation sites is 2. The van der Waals surface area contributed by atoms with Gasteiger partial charge in [0.2, 0.25) is 11.8 Å². The number of rotatable bonds is 7. The number of hydrogen-bond donors (Lipinski definition) is 1. The largest absolute Gasteiger partial charge is 0.492 e. The van der Waals surface area contributed by atoms with E-state index in [2.05, 4.69) is 5.32 Å². The SMILES string of the molecule is CCOc1ccccc1NC(=O)CN1C(=O)CS/C1=C\C(=O)c1ccccc1C. The Morgan fingerprint density at radius 2 is 1.90 bits per heavy atom. The molecule has 3 rings (SSSR count). The molecule has 1 fully saturated rings. The van der Waals surface area contributed by atoms with Crippen LogP contribution in [0.25, 0.3) is 0 Å². The molecule has 2 amide bonds. The van der Waals surface area contributed by atoms with Crippen molar-refractivity contribution < 1.29 is 19.1 Å². The zero-order chi connectivity index (χ0) is 20.8. The number of carbonyl (C=O) groups excluding carboxylic acids is 3. The minimum absolute atomic E-state index is 0.167.